The van der Waals surface area contributed by atoms with E-state index in [0.29, 0.717) is 12.4 Å². The molecule has 2 aromatic rings. The number of aromatic nitrogens is 2. The van der Waals surface area contributed by atoms with Crippen molar-refractivity contribution < 1.29 is 5.11 Å². The fourth-order valence-corrected chi connectivity index (χ4v) is 1.61. The average Bonchev–Trinajstić information content (AvgIpc) is 2.37. The Bertz CT molecular complexity index is 576. The summed E-state index contributed by atoms with van der Waals surface area (Å²) in [6, 6.07) is 7.01. The van der Waals surface area contributed by atoms with Gasteiger partial charge in [-0.3, -0.25) is 4.79 Å². The zero-order valence-electron chi connectivity index (χ0n) is 10.1. The van der Waals surface area contributed by atoms with E-state index in [-0.39, 0.29) is 11.3 Å². The third-order valence-electron chi connectivity index (χ3n) is 2.66. The molecule has 0 unspecified atom stereocenters. The first-order chi connectivity index (χ1) is 8.66. The lowest BCUT2D eigenvalue weighted by atomic mass is 10.1. The molecule has 0 aliphatic rings. The molecular formula is C13H15N3O2. The van der Waals surface area contributed by atoms with Crippen LogP contribution >= 0.6 is 0 Å². The summed E-state index contributed by atoms with van der Waals surface area (Å²) in [5.74, 6) is 0.615. The lowest BCUT2D eigenvalue weighted by Gasteiger charge is -2.06. The van der Waals surface area contributed by atoms with E-state index in [9.17, 15) is 4.79 Å². The van der Waals surface area contributed by atoms with Crippen molar-refractivity contribution in [3.05, 3.63) is 52.6 Å². The number of aryl methyl sites for hydroxylation is 1. The third kappa shape index (κ3) is 2.88. The number of anilines is 1. The molecule has 0 spiro atoms. The van der Waals surface area contributed by atoms with Crippen LogP contribution in [-0.4, -0.2) is 21.2 Å². The van der Waals surface area contributed by atoms with Crippen LogP contribution in [0.2, 0.25) is 0 Å². The number of phenols is 1. The van der Waals surface area contributed by atoms with Crippen LogP contribution in [0.5, 0.6) is 5.75 Å². The fraction of sp³-hybridized carbons (Fsp3) is 0.231. The highest BCUT2D eigenvalue weighted by molar-refractivity contribution is 5.32. The molecule has 1 heterocycles. The van der Waals surface area contributed by atoms with Crippen molar-refractivity contribution in [3.63, 3.8) is 0 Å². The zero-order chi connectivity index (χ0) is 13.0. The fourth-order valence-electron chi connectivity index (χ4n) is 1.61. The molecule has 0 fully saturated rings. The molecule has 0 atom stereocenters. The quantitative estimate of drug-likeness (QED) is 0.847. The summed E-state index contributed by atoms with van der Waals surface area (Å²) >= 11 is 0. The smallest absolute Gasteiger partial charge is 0.293 e. The topological polar surface area (TPSA) is 67.2 Å². The van der Waals surface area contributed by atoms with Crippen molar-refractivity contribution >= 4 is 5.82 Å². The Morgan fingerprint density at radius 2 is 2.06 bits per heavy atom. The van der Waals surface area contributed by atoms with E-state index >= 15 is 0 Å². The molecule has 0 bridgehead atoms. The van der Waals surface area contributed by atoms with Crippen molar-refractivity contribution in [3.8, 4) is 5.75 Å². The van der Waals surface area contributed by atoms with Crippen molar-refractivity contribution in [2.45, 2.75) is 6.42 Å². The number of nitrogens with one attached hydrogen (secondary N) is 1. The van der Waals surface area contributed by atoms with Gasteiger partial charge in [0.1, 0.15) is 5.75 Å². The predicted octanol–water partition coefficient (Wildman–Crippen LogP) is 1.14. The summed E-state index contributed by atoms with van der Waals surface area (Å²) < 4.78 is 1.48. The van der Waals surface area contributed by atoms with Gasteiger partial charge in [-0.2, -0.15) is 0 Å². The Hall–Kier alpha value is -2.30. The molecule has 5 heteroatoms. The van der Waals surface area contributed by atoms with Gasteiger partial charge in [-0.1, -0.05) is 12.1 Å². The minimum absolute atomic E-state index is 0.136. The summed E-state index contributed by atoms with van der Waals surface area (Å²) in [6.07, 6.45) is 3.97. The molecule has 5 nitrogen and oxygen atoms in total. The Balaban J connectivity index is 1.94. The van der Waals surface area contributed by atoms with E-state index in [2.05, 4.69) is 10.3 Å². The Morgan fingerprint density at radius 1 is 1.33 bits per heavy atom. The first-order valence-electron chi connectivity index (χ1n) is 5.70. The number of hydrogen-bond donors (Lipinski definition) is 2. The van der Waals surface area contributed by atoms with Crippen LogP contribution < -0.4 is 10.9 Å². The lowest BCUT2D eigenvalue weighted by molar-refractivity contribution is 0.475. The van der Waals surface area contributed by atoms with E-state index in [1.807, 2.05) is 12.1 Å². The summed E-state index contributed by atoms with van der Waals surface area (Å²) in [7, 11) is 1.69. The Kier molecular flexibility index (Phi) is 3.62. The molecule has 0 aliphatic carbocycles. The molecule has 0 amide bonds. The van der Waals surface area contributed by atoms with E-state index < -0.39 is 0 Å². The minimum atomic E-state index is -0.136. The van der Waals surface area contributed by atoms with Crippen molar-refractivity contribution in [1.82, 2.24) is 9.55 Å². The molecule has 2 N–H and O–H groups in total. The van der Waals surface area contributed by atoms with E-state index in [0.717, 1.165) is 12.0 Å². The van der Waals surface area contributed by atoms with Gasteiger partial charge < -0.3 is 15.0 Å². The van der Waals surface area contributed by atoms with Crippen LogP contribution in [0.15, 0.2) is 41.5 Å². The number of rotatable bonds is 4. The van der Waals surface area contributed by atoms with Gasteiger partial charge >= 0.3 is 0 Å². The molecule has 1 aromatic heterocycles. The summed E-state index contributed by atoms with van der Waals surface area (Å²) in [5, 5.41) is 12.2. The molecule has 18 heavy (non-hydrogen) atoms. The maximum atomic E-state index is 11.7. The summed E-state index contributed by atoms with van der Waals surface area (Å²) in [4.78, 5) is 15.7. The standard InChI is InChI=1S/C13H15N3O2/c1-16-9-8-15-12(13(16)18)14-7-6-10-2-4-11(17)5-3-10/h2-5,8-9,17H,6-7H2,1H3,(H,14,15). The molecule has 0 aliphatic heterocycles. The monoisotopic (exact) mass is 245 g/mol. The SMILES string of the molecule is Cn1ccnc(NCCc2ccc(O)cc2)c1=O. The van der Waals surface area contributed by atoms with Gasteiger partial charge in [-0.15, -0.1) is 0 Å². The lowest BCUT2D eigenvalue weighted by Crippen LogP contribution is -2.22. The van der Waals surface area contributed by atoms with Crippen LogP contribution in [0.3, 0.4) is 0 Å². The zero-order valence-corrected chi connectivity index (χ0v) is 10.1. The van der Waals surface area contributed by atoms with Gasteiger partial charge in [-0.25, -0.2) is 4.98 Å². The van der Waals surface area contributed by atoms with Crippen molar-refractivity contribution in [2.24, 2.45) is 7.05 Å². The maximum absolute atomic E-state index is 11.7. The molecule has 0 saturated heterocycles. The Labute approximate surface area is 105 Å². The largest absolute Gasteiger partial charge is 0.508 e. The van der Waals surface area contributed by atoms with Gasteiger partial charge in [0.2, 0.25) is 0 Å². The second-order valence-electron chi connectivity index (χ2n) is 4.04. The molecule has 0 radical (unpaired) electrons. The van der Waals surface area contributed by atoms with Crippen LogP contribution in [0.4, 0.5) is 5.82 Å². The summed E-state index contributed by atoms with van der Waals surface area (Å²) in [6.45, 7) is 0.622. The van der Waals surface area contributed by atoms with Crippen LogP contribution in [0, 0.1) is 0 Å². The molecule has 0 saturated carbocycles. The van der Waals surface area contributed by atoms with Crippen LogP contribution in [0.25, 0.3) is 0 Å². The van der Waals surface area contributed by atoms with Crippen LogP contribution in [-0.2, 0) is 13.5 Å². The maximum Gasteiger partial charge on any atom is 0.293 e. The predicted molar refractivity (Wildman–Crippen MR) is 69.8 cm³/mol. The normalized spacial score (nSPS) is 10.3. The first-order valence-corrected chi connectivity index (χ1v) is 5.70. The van der Waals surface area contributed by atoms with E-state index in [1.54, 1.807) is 31.6 Å². The summed E-state index contributed by atoms with van der Waals surface area (Å²) in [5.41, 5.74) is 0.955. The molecule has 1 aromatic carbocycles. The van der Waals surface area contributed by atoms with E-state index in [4.69, 9.17) is 5.11 Å². The van der Waals surface area contributed by atoms with Gasteiger partial charge in [0.05, 0.1) is 0 Å². The number of benzene rings is 1. The average molecular weight is 245 g/mol. The first kappa shape index (κ1) is 12.2. The van der Waals surface area contributed by atoms with Crippen molar-refractivity contribution in [2.75, 3.05) is 11.9 Å². The van der Waals surface area contributed by atoms with Gasteiger partial charge in [0, 0.05) is 26.0 Å². The van der Waals surface area contributed by atoms with Crippen molar-refractivity contribution in [1.29, 1.82) is 0 Å². The molecule has 2 rings (SSSR count). The highest BCUT2D eigenvalue weighted by atomic mass is 16.3. The number of aromatic hydroxyl groups is 1. The highest BCUT2D eigenvalue weighted by Gasteiger charge is 2.01. The highest BCUT2D eigenvalue weighted by Crippen LogP contribution is 2.09. The number of phenolic OH excluding ortho intramolecular Hbond substituents is 1. The van der Waals surface area contributed by atoms with Gasteiger partial charge in [0.25, 0.3) is 5.56 Å². The Morgan fingerprint density at radius 3 is 2.78 bits per heavy atom. The van der Waals surface area contributed by atoms with Crippen LogP contribution in [0.1, 0.15) is 5.56 Å². The molecule has 94 valence electrons. The van der Waals surface area contributed by atoms with E-state index in [1.165, 1.54) is 4.57 Å². The molecular weight excluding hydrogens is 230 g/mol. The minimum Gasteiger partial charge on any atom is -0.508 e. The second kappa shape index (κ2) is 5.35. The number of nitrogens with zero attached hydrogens (tertiary/aromatic N) is 2. The number of hydrogen-bond acceptors (Lipinski definition) is 4. The second-order valence-corrected chi connectivity index (χ2v) is 4.04. The third-order valence-corrected chi connectivity index (χ3v) is 2.66. The van der Waals surface area contributed by atoms with Gasteiger partial charge in [0.15, 0.2) is 5.82 Å². The van der Waals surface area contributed by atoms with Gasteiger partial charge in [-0.05, 0) is 24.1 Å².